The predicted octanol–water partition coefficient (Wildman–Crippen LogP) is 2.09. The van der Waals surface area contributed by atoms with Crippen LogP contribution in [0.4, 0.5) is 0 Å². The van der Waals surface area contributed by atoms with Gasteiger partial charge in [0.05, 0.1) is 4.75 Å². The summed E-state index contributed by atoms with van der Waals surface area (Å²) in [4.78, 5) is 1.30. The molecule has 0 aliphatic rings. The van der Waals surface area contributed by atoms with Crippen molar-refractivity contribution in [2.45, 2.75) is 37.5 Å². The summed E-state index contributed by atoms with van der Waals surface area (Å²) in [6.45, 7) is 3.58. The number of aryl methyl sites for hydroxylation is 1. The van der Waals surface area contributed by atoms with Crippen molar-refractivity contribution in [3.8, 4) is 0 Å². The van der Waals surface area contributed by atoms with Crippen molar-refractivity contribution < 1.29 is 8.42 Å². The molecule has 0 amide bonds. The highest BCUT2D eigenvalue weighted by Gasteiger charge is 2.37. The average Bonchev–Trinajstić information content (AvgIpc) is 2.69. The van der Waals surface area contributed by atoms with Gasteiger partial charge in [0.2, 0.25) is 0 Å². The van der Waals surface area contributed by atoms with Gasteiger partial charge in [-0.3, -0.25) is 0 Å². The average molecular weight is 275 g/mol. The van der Waals surface area contributed by atoms with E-state index in [9.17, 15) is 8.42 Å². The van der Waals surface area contributed by atoms with E-state index < -0.39 is 14.6 Å². The molecular formula is C12H21NO2S2. The van der Waals surface area contributed by atoms with E-state index in [4.69, 9.17) is 0 Å². The summed E-state index contributed by atoms with van der Waals surface area (Å²) in [7, 11) is -1.24. The lowest BCUT2D eigenvalue weighted by Crippen LogP contribution is -2.50. The largest absolute Gasteiger partial charge is 0.315 e. The van der Waals surface area contributed by atoms with Crippen LogP contribution in [0.5, 0.6) is 0 Å². The zero-order chi connectivity index (χ0) is 13.1. The van der Waals surface area contributed by atoms with Crippen molar-refractivity contribution in [3.05, 3.63) is 22.4 Å². The van der Waals surface area contributed by atoms with Gasteiger partial charge in [-0.05, 0) is 45.2 Å². The number of thiophene rings is 1. The molecule has 1 heterocycles. The molecule has 17 heavy (non-hydrogen) atoms. The van der Waals surface area contributed by atoms with E-state index in [1.165, 1.54) is 11.1 Å². The maximum Gasteiger partial charge on any atom is 0.154 e. The van der Waals surface area contributed by atoms with Crippen molar-refractivity contribution in [1.29, 1.82) is 0 Å². The SMILES string of the molecule is CNC(CCc1cccs1)C(C)(C)S(C)(=O)=O. The van der Waals surface area contributed by atoms with Crippen molar-refractivity contribution in [2.75, 3.05) is 13.3 Å². The van der Waals surface area contributed by atoms with E-state index in [2.05, 4.69) is 11.4 Å². The molecule has 0 aliphatic carbocycles. The lowest BCUT2D eigenvalue weighted by molar-refractivity contribution is 0.412. The van der Waals surface area contributed by atoms with Gasteiger partial charge in [0.15, 0.2) is 9.84 Å². The molecule has 0 radical (unpaired) electrons. The fourth-order valence-electron chi connectivity index (χ4n) is 1.84. The van der Waals surface area contributed by atoms with Crippen LogP contribution in [-0.2, 0) is 16.3 Å². The number of hydrogen-bond donors (Lipinski definition) is 1. The Hall–Kier alpha value is -0.390. The highest BCUT2D eigenvalue weighted by molar-refractivity contribution is 7.92. The Labute approximate surface area is 108 Å². The van der Waals surface area contributed by atoms with E-state index in [-0.39, 0.29) is 6.04 Å². The highest BCUT2D eigenvalue weighted by atomic mass is 32.2. The first-order valence-corrected chi connectivity index (χ1v) is 8.45. The van der Waals surface area contributed by atoms with Crippen LogP contribution in [0.2, 0.25) is 0 Å². The summed E-state index contributed by atoms with van der Waals surface area (Å²) in [6, 6.07) is 4.08. The zero-order valence-corrected chi connectivity index (χ0v) is 12.5. The molecule has 1 aromatic heterocycles. The Morgan fingerprint density at radius 3 is 2.53 bits per heavy atom. The van der Waals surface area contributed by atoms with Crippen LogP contribution < -0.4 is 5.32 Å². The van der Waals surface area contributed by atoms with Crippen LogP contribution in [0.3, 0.4) is 0 Å². The van der Waals surface area contributed by atoms with Crippen LogP contribution >= 0.6 is 11.3 Å². The molecule has 0 aromatic carbocycles. The number of rotatable bonds is 6. The van der Waals surface area contributed by atoms with Gasteiger partial charge in [0.1, 0.15) is 0 Å². The summed E-state index contributed by atoms with van der Waals surface area (Å²) in [5, 5.41) is 5.18. The third-order valence-corrected chi connectivity index (χ3v) is 6.53. The maximum atomic E-state index is 11.8. The second-order valence-electron chi connectivity index (χ2n) is 4.83. The van der Waals surface area contributed by atoms with Gasteiger partial charge in [-0.1, -0.05) is 6.07 Å². The quantitative estimate of drug-likeness (QED) is 0.865. The number of hydrogen-bond acceptors (Lipinski definition) is 4. The van der Waals surface area contributed by atoms with Gasteiger partial charge in [0.25, 0.3) is 0 Å². The standard InChI is InChI=1S/C12H21NO2S2/c1-12(2,17(4,14)15)11(13-3)8-7-10-6-5-9-16-10/h5-6,9,11,13H,7-8H2,1-4H3. The van der Waals surface area contributed by atoms with E-state index >= 15 is 0 Å². The fourth-order valence-corrected chi connectivity index (χ4v) is 3.32. The van der Waals surface area contributed by atoms with E-state index in [0.29, 0.717) is 0 Å². The first-order chi connectivity index (χ1) is 7.79. The van der Waals surface area contributed by atoms with Crippen LogP contribution in [0.25, 0.3) is 0 Å². The van der Waals surface area contributed by atoms with Gasteiger partial charge in [-0.25, -0.2) is 8.42 Å². The molecular weight excluding hydrogens is 254 g/mol. The smallest absolute Gasteiger partial charge is 0.154 e. The Morgan fingerprint density at radius 2 is 2.12 bits per heavy atom. The minimum absolute atomic E-state index is 0.0281. The highest BCUT2D eigenvalue weighted by Crippen LogP contribution is 2.24. The molecule has 1 rings (SSSR count). The molecule has 1 atom stereocenters. The fraction of sp³-hybridized carbons (Fsp3) is 0.667. The van der Waals surface area contributed by atoms with Crippen molar-refractivity contribution in [2.24, 2.45) is 0 Å². The number of sulfone groups is 1. The summed E-state index contributed by atoms with van der Waals surface area (Å²) < 4.78 is 22.8. The molecule has 0 fully saturated rings. The van der Waals surface area contributed by atoms with Gasteiger partial charge >= 0.3 is 0 Å². The topological polar surface area (TPSA) is 46.2 Å². The molecule has 5 heteroatoms. The molecule has 1 unspecified atom stereocenters. The predicted molar refractivity (Wildman–Crippen MR) is 74.4 cm³/mol. The minimum atomic E-state index is -3.06. The van der Waals surface area contributed by atoms with E-state index in [0.717, 1.165) is 12.8 Å². The van der Waals surface area contributed by atoms with E-state index in [1.807, 2.05) is 18.5 Å². The van der Waals surface area contributed by atoms with Crippen LogP contribution in [0, 0.1) is 0 Å². The Bertz CT molecular complexity index is 435. The van der Waals surface area contributed by atoms with Crippen molar-refractivity contribution in [1.82, 2.24) is 5.32 Å². The third kappa shape index (κ3) is 3.53. The molecule has 0 saturated heterocycles. The van der Waals surface area contributed by atoms with E-state index in [1.54, 1.807) is 25.2 Å². The first-order valence-electron chi connectivity index (χ1n) is 5.68. The molecule has 0 aliphatic heterocycles. The monoisotopic (exact) mass is 275 g/mol. The second kappa shape index (κ2) is 5.50. The van der Waals surface area contributed by atoms with Gasteiger partial charge < -0.3 is 5.32 Å². The van der Waals surface area contributed by atoms with Crippen molar-refractivity contribution in [3.63, 3.8) is 0 Å². The van der Waals surface area contributed by atoms with Gasteiger partial charge in [-0.15, -0.1) is 11.3 Å². The Kier molecular flexibility index (Phi) is 4.75. The summed E-state index contributed by atoms with van der Waals surface area (Å²) in [6.07, 6.45) is 3.06. The first kappa shape index (κ1) is 14.7. The maximum absolute atomic E-state index is 11.8. The summed E-state index contributed by atoms with van der Waals surface area (Å²) >= 11 is 1.72. The number of nitrogens with one attached hydrogen (secondary N) is 1. The molecule has 0 saturated carbocycles. The normalized spacial score (nSPS) is 14.8. The molecule has 0 bridgehead atoms. The Balaban J connectivity index is 2.72. The minimum Gasteiger partial charge on any atom is -0.315 e. The Morgan fingerprint density at radius 1 is 1.47 bits per heavy atom. The van der Waals surface area contributed by atoms with Gasteiger partial charge in [0, 0.05) is 17.2 Å². The van der Waals surface area contributed by atoms with Crippen LogP contribution in [-0.4, -0.2) is 32.5 Å². The zero-order valence-electron chi connectivity index (χ0n) is 10.9. The second-order valence-corrected chi connectivity index (χ2v) is 8.46. The molecule has 0 spiro atoms. The molecule has 3 nitrogen and oxygen atoms in total. The molecule has 1 aromatic rings. The third-order valence-electron chi connectivity index (χ3n) is 3.40. The summed E-state index contributed by atoms with van der Waals surface area (Å²) in [5.74, 6) is 0. The van der Waals surface area contributed by atoms with Crippen molar-refractivity contribution >= 4 is 21.2 Å². The molecule has 1 N–H and O–H groups in total. The summed E-state index contributed by atoms with van der Waals surface area (Å²) in [5.41, 5.74) is 0. The molecule has 98 valence electrons. The van der Waals surface area contributed by atoms with Crippen LogP contribution in [0.15, 0.2) is 17.5 Å². The van der Waals surface area contributed by atoms with Crippen LogP contribution in [0.1, 0.15) is 25.1 Å². The van der Waals surface area contributed by atoms with Gasteiger partial charge in [-0.2, -0.15) is 0 Å². The lowest BCUT2D eigenvalue weighted by Gasteiger charge is -2.32. The lowest BCUT2D eigenvalue weighted by atomic mass is 9.98.